The topological polar surface area (TPSA) is 56.2 Å². The third-order valence-electron chi connectivity index (χ3n) is 4.84. The number of amides is 1. The van der Waals surface area contributed by atoms with E-state index in [0.717, 1.165) is 35.6 Å². The Bertz CT molecular complexity index is 975. The summed E-state index contributed by atoms with van der Waals surface area (Å²) in [4.78, 5) is 16.1. The predicted molar refractivity (Wildman–Crippen MR) is 113 cm³/mol. The van der Waals surface area contributed by atoms with Gasteiger partial charge in [-0.05, 0) is 61.7 Å². The zero-order valence-electron chi connectivity index (χ0n) is 16.6. The Labute approximate surface area is 166 Å². The van der Waals surface area contributed by atoms with Gasteiger partial charge in [-0.15, -0.1) is 0 Å². The van der Waals surface area contributed by atoms with Crippen molar-refractivity contribution >= 4 is 16.9 Å². The smallest absolute Gasteiger partial charge is 0.243 e. The number of nitrogens with zero attached hydrogens (tertiary/aromatic N) is 2. The summed E-state index contributed by atoms with van der Waals surface area (Å²) in [5.41, 5.74) is 4.59. The van der Waals surface area contributed by atoms with Crippen molar-refractivity contribution in [3.8, 4) is 5.75 Å². The maximum Gasteiger partial charge on any atom is 0.243 e. The maximum atomic E-state index is 11.4. The van der Waals surface area contributed by atoms with E-state index in [1.54, 1.807) is 0 Å². The number of aryl methyl sites for hydroxylation is 3. The number of para-hydroxylation sites is 2. The van der Waals surface area contributed by atoms with Crippen molar-refractivity contribution in [1.29, 1.82) is 0 Å². The third kappa shape index (κ3) is 4.80. The van der Waals surface area contributed by atoms with Gasteiger partial charge in [-0.3, -0.25) is 4.79 Å². The quantitative estimate of drug-likeness (QED) is 0.453. The summed E-state index contributed by atoms with van der Waals surface area (Å²) in [6.45, 7) is 9.66. The Hall–Kier alpha value is -3.08. The molecular formula is C23H27N3O2. The van der Waals surface area contributed by atoms with Crippen LogP contribution in [0.4, 0.5) is 0 Å². The summed E-state index contributed by atoms with van der Waals surface area (Å²) < 4.78 is 8.14. The van der Waals surface area contributed by atoms with Gasteiger partial charge in [0.15, 0.2) is 0 Å². The van der Waals surface area contributed by atoms with Gasteiger partial charge >= 0.3 is 0 Å². The van der Waals surface area contributed by atoms with Crippen LogP contribution < -0.4 is 10.1 Å². The van der Waals surface area contributed by atoms with Gasteiger partial charge in [-0.1, -0.05) is 24.8 Å². The molecule has 1 N–H and O–H groups in total. The van der Waals surface area contributed by atoms with Gasteiger partial charge in [-0.2, -0.15) is 0 Å². The molecule has 0 aliphatic rings. The highest BCUT2D eigenvalue weighted by molar-refractivity contribution is 5.86. The normalized spacial score (nSPS) is 10.8. The lowest BCUT2D eigenvalue weighted by Crippen LogP contribution is -2.24. The molecule has 0 unspecified atom stereocenters. The van der Waals surface area contributed by atoms with E-state index in [1.165, 1.54) is 17.2 Å². The zero-order valence-corrected chi connectivity index (χ0v) is 16.6. The molecule has 28 heavy (non-hydrogen) atoms. The van der Waals surface area contributed by atoms with Crippen LogP contribution in [0.1, 0.15) is 23.4 Å². The van der Waals surface area contributed by atoms with Crippen LogP contribution in [0.3, 0.4) is 0 Å². The molecule has 0 bridgehead atoms. The molecule has 3 rings (SSSR count). The highest BCUT2D eigenvalue weighted by Gasteiger charge is 2.10. The van der Waals surface area contributed by atoms with Crippen molar-refractivity contribution in [2.75, 3.05) is 13.2 Å². The highest BCUT2D eigenvalue weighted by atomic mass is 16.5. The molecule has 0 saturated heterocycles. The minimum absolute atomic E-state index is 0.163. The molecule has 0 spiro atoms. The zero-order chi connectivity index (χ0) is 19.9. The Kier molecular flexibility index (Phi) is 6.48. The molecule has 0 aliphatic heterocycles. The second-order valence-electron chi connectivity index (χ2n) is 6.86. The highest BCUT2D eigenvalue weighted by Crippen LogP contribution is 2.19. The molecule has 0 atom stereocenters. The summed E-state index contributed by atoms with van der Waals surface area (Å²) in [5, 5.41) is 2.82. The van der Waals surface area contributed by atoms with E-state index in [2.05, 4.69) is 48.5 Å². The number of hydrogen-bond acceptors (Lipinski definition) is 3. The molecule has 0 fully saturated rings. The number of carbonyl (C=O) groups excluding carboxylic acids is 1. The molecule has 5 nitrogen and oxygen atoms in total. The second kappa shape index (κ2) is 9.22. The van der Waals surface area contributed by atoms with Crippen molar-refractivity contribution in [3.63, 3.8) is 0 Å². The fourth-order valence-electron chi connectivity index (χ4n) is 3.15. The minimum atomic E-state index is -0.163. The number of rotatable bonds is 9. The van der Waals surface area contributed by atoms with Crippen molar-refractivity contribution in [1.82, 2.24) is 14.9 Å². The van der Waals surface area contributed by atoms with E-state index < -0.39 is 0 Å². The maximum absolute atomic E-state index is 11.4. The Morgan fingerprint density at radius 2 is 2.04 bits per heavy atom. The number of carbonyl (C=O) groups is 1. The molecule has 0 aliphatic carbocycles. The lowest BCUT2D eigenvalue weighted by atomic mass is 10.1. The van der Waals surface area contributed by atoms with Crippen molar-refractivity contribution < 1.29 is 9.53 Å². The van der Waals surface area contributed by atoms with Crippen LogP contribution in [0.2, 0.25) is 0 Å². The summed E-state index contributed by atoms with van der Waals surface area (Å²) in [6.07, 6.45) is 2.83. The van der Waals surface area contributed by atoms with Crippen LogP contribution >= 0.6 is 0 Å². The second-order valence-corrected chi connectivity index (χ2v) is 6.86. The predicted octanol–water partition coefficient (Wildman–Crippen LogP) is 3.97. The summed E-state index contributed by atoms with van der Waals surface area (Å²) >= 11 is 0. The number of imidazole rings is 1. The standard InChI is InChI=1S/C23H27N3O2/c1-4-23(27)24-13-12-22-25-20-8-5-6-9-21(20)26(22)14-7-15-28-19-11-10-17(2)18(3)16-19/h4-6,8-11,16H,1,7,12-15H2,2-3H3,(H,24,27). The van der Waals surface area contributed by atoms with Gasteiger partial charge in [-0.25, -0.2) is 4.98 Å². The summed E-state index contributed by atoms with van der Waals surface area (Å²) in [7, 11) is 0. The molecule has 1 heterocycles. The molecule has 1 aromatic heterocycles. The van der Waals surface area contributed by atoms with Gasteiger partial charge in [0.25, 0.3) is 0 Å². The monoisotopic (exact) mass is 377 g/mol. The number of ether oxygens (including phenoxy) is 1. The Morgan fingerprint density at radius 3 is 2.82 bits per heavy atom. The number of fused-ring (bicyclic) bond motifs is 1. The van der Waals surface area contributed by atoms with E-state index in [4.69, 9.17) is 9.72 Å². The van der Waals surface area contributed by atoms with E-state index in [1.807, 2.05) is 24.3 Å². The number of hydrogen-bond donors (Lipinski definition) is 1. The lowest BCUT2D eigenvalue weighted by molar-refractivity contribution is -0.116. The van der Waals surface area contributed by atoms with E-state index >= 15 is 0 Å². The van der Waals surface area contributed by atoms with E-state index in [9.17, 15) is 4.79 Å². The first-order valence-electron chi connectivity index (χ1n) is 9.63. The van der Waals surface area contributed by atoms with Crippen molar-refractivity contribution in [2.24, 2.45) is 0 Å². The van der Waals surface area contributed by atoms with Gasteiger partial charge in [0, 0.05) is 19.5 Å². The van der Waals surface area contributed by atoms with Gasteiger partial charge in [0.1, 0.15) is 11.6 Å². The van der Waals surface area contributed by atoms with E-state index in [0.29, 0.717) is 19.6 Å². The SMILES string of the molecule is C=CC(=O)NCCc1nc2ccccc2n1CCCOc1ccc(C)c(C)c1. The molecule has 5 heteroatoms. The fourth-order valence-corrected chi connectivity index (χ4v) is 3.15. The van der Waals surface area contributed by atoms with Crippen LogP contribution in [-0.2, 0) is 17.8 Å². The lowest BCUT2D eigenvalue weighted by Gasteiger charge is -2.11. The van der Waals surface area contributed by atoms with E-state index in [-0.39, 0.29) is 5.91 Å². The first kappa shape index (κ1) is 19.7. The van der Waals surface area contributed by atoms with Crippen LogP contribution in [-0.4, -0.2) is 28.6 Å². The van der Waals surface area contributed by atoms with Crippen LogP contribution in [0.25, 0.3) is 11.0 Å². The number of aromatic nitrogens is 2. The third-order valence-corrected chi connectivity index (χ3v) is 4.84. The first-order valence-corrected chi connectivity index (χ1v) is 9.63. The summed E-state index contributed by atoms with van der Waals surface area (Å²) in [6, 6.07) is 14.3. The largest absolute Gasteiger partial charge is 0.494 e. The summed E-state index contributed by atoms with van der Waals surface area (Å²) in [5.74, 6) is 1.71. The molecular weight excluding hydrogens is 350 g/mol. The first-order chi connectivity index (χ1) is 13.6. The molecule has 146 valence electrons. The molecule has 2 aromatic carbocycles. The van der Waals surface area contributed by atoms with Crippen molar-refractivity contribution in [3.05, 3.63) is 72.1 Å². The Balaban J connectivity index is 1.63. The molecule has 0 saturated carbocycles. The van der Waals surface area contributed by atoms with Crippen LogP contribution in [0.15, 0.2) is 55.1 Å². The van der Waals surface area contributed by atoms with Gasteiger partial charge < -0.3 is 14.6 Å². The number of benzene rings is 2. The fraction of sp³-hybridized carbons (Fsp3) is 0.304. The van der Waals surface area contributed by atoms with Gasteiger partial charge in [0.2, 0.25) is 5.91 Å². The van der Waals surface area contributed by atoms with Crippen LogP contribution in [0.5, 0.6) is 5.75 Å². The van der Waals surface area contributed by atoms with Crippen LogP contribution in [0, 0.1) is 13.8 Å². The molecule has 1 amide bonds. The van der Waals surface area contributed by atoms with Gasteiger partial charge in [0.05, 0.1) is 17.6 Å². The average Bonchev–Trinajstić information content (AvgIpc) is 3.05. The van der Waals surface area contributed by atoms with Crippen molar-refractivity contribution in [2.45, 2.75) is 33.2 Å². The average molecular weight is 377 g/mol. The molecule has 3 aromatic rings. The minimum Gasteiger partial charge on any atom is -0.494 e. The Morgan fingerprint density at radius 1 is 1.21 bits per heavy atom. The number of nitrogens with one attached hydrogen (secondary N) is 1. The molecule has 0 radical (unpaired) electrons.